The van der Waals surface area contributed by atoms with Crippen LogP contribution in [0.1, 0.15) is 63.8 Å². The van der Waals surface area contributed by atoms with Crippen LogP contribution in [0.5, 0.6) is 11.5 Å². The van der Waals surface area contributed by atoms with E-state index in [4.69, 9.17) is 0 Å². The molecule has 2 aromatic rings. The number of hydrogen-bond acceptors (Lipinski definition) is 3. The fourth-order valence-corrected chi connectivity index (χ4v) is 2.85. The molecule has 3 nitrogen and oxygen atoms in total. The normalized spacial score (nSPS) is 12.2. The van der Waals surface area contributed by atoms with Crippen molar-refractivity contribution in [3.8, 4) is 11.5 Å². The first-order valence-corrected chi connectivity index (χ1v) is 9.04. The molecule has 0 aliphatic heterocycles. The zero-order valence-corrected chi connectivity index (χ0v) is 16.7. The highest BCUT2D eigenvalue weighted by atomic mass is 16.3. The second-order valence-corrected chi connectivity index (χ2v) is 9.08. The van der Waals surface area contributed by atoms with E-state index in [1.54, 1.807) is 12.1 Å². The topological polar surface area (TPSA) is 57.5 Å². The molecule has 0 atom stereocenters. The summed E-state index contributed by atoms with van der Waals surface area (Å²) in [4.78, 5) is 12.4. The number of phenols is 2. The molecule has 0 bridgehead atoms. The molecule has 0 saturated heterocycles. The van der Waals surface area contributed by atoms with Crippen LogP contribution in [-0.4, -0.2) is 16.0 Å². The van der Waals surface area contributed by atoms with Crippen molar-refractivity contribution in [1.82, 2.24) is 0 Å². The first-order valence-electron chi connectivity index (χ1n) is 9.04. The summed E-state index contributed by atoms with van der Waals surface area (Å²) >= 11 is 0. The van der Waals surface area contributed by atoms with Crippen molar-refractivity contribution in [2.24, 2.45) is 0 Å². The second-order valence-electron chi connectivity index (χ2n) is 9.08. The Morgan fingerprint density at radius 3 is 1.35 bits per heavy atom. The van der Waals surface area contributed by atoms with E-state index < -0.39 is 0 Å². The molecule has 0 heterocycles. The highest BCUT2D eigenvalue weighted by Crippen LogP contribution is 2.30. The molecular formula is C23H30O3. The molecule has 0 aromatic heterocycles. The van der Waals surface area contributed by atoms with Crippen LogP contribution < -0.4 is 0 Å². The van der Waals surface area contributed by atoms with Gasteiger partial charge < -0.3 is 10.2 Å². The van der Waals surface area contributed by atoms with E-state index in [0.717, 1.165) is 11.1 Å². The molecule has 0 saturated carbocycles. The second kappa shape index (κ2) is 7.14. The molecule has 0 unspecified atom stereocenters. The maximum atomic E-state index is 12.4. The molecule has 0 aliphatic carbocycles. The lowest BCUT2D eigenvalue weighted by molar-refractivity contribution is -0.117. The fourth-order valence-electron chi connectivity index (χ4n) is 2.85. The third-order valence-electron chi connectivity index (χ3n) is 4.68. The molecule has 0 radical (unpaired) electrons. The van der Waals surface area contributed by atoms with Crippen LogP contribution in [-0.2, 0) is 28.5 Å². The van der Waals surface area contributed by atoms with Crippen molar-refractivity contribution in [1.29, 1.82) is 0 Å². The Labute approximate surface area is 156 Å². The van der Waals surface area contributed by atoms with Crippen LogP contribution in [0.25, 0.3) is 0 Å². The van der Waals surface area contributed by atoms with Gasteiger partial charge >= 0.3 is 0 Å². The van der Waals surface area contributed by atoms with Gasteiger partial charge in [-0.25, -0.2) is 0 Å². The maximum Gasteiger partial charge on any atom is 0.141 e. The van der Waals surface area contributed by atoms with E-state index in [9.17, 15) is 15.0 Å². The zero-order valence-electron chi connectivity index (χ0n) is 16.7. The summed E-state index contributed by atoms with van der Waals surface area (Å²) in [6, 6.07) is 11.0. The number of carbonyl (C=O) groups is 1. The Hall–Kier alpha value is -2.29. The summed E-state index contributed by atoms with van der Waals surface area (Å²) in [6.07, 6.45) is 0.299. The van der Waals surface area contributed by atoms with Crippen molar-refractivity contribution in [2.45, 2.75) is 65.2 Å². The van der Waals surface area contributed by atoms with Crippen molar-refractivity contribution in [2.75, 3.05) is 0 Å². The summed E-state index contributed by atoms with van der Waals surface area (Å²) in [5, 5.41) is 20.5. The Morgan fingerprint density at radius 2 is 1.08 bits per heavy atom. The molecule has 0 aliphatic rings. The standard InChI is InChI=1S/C23H30O3/c1-22(2,3)17-9-7-15(20(25)13-17)11-19(24)12-16-8-10-18(14-21(16)26)23(4,5)6/h7-10,13-14,25-26H,11-12H2,1-6H3. The Kier molecular flexibility index (Phi) is 5.50. The smallest absolute Gasteiger partial charge is 0.141 e. The largest absolute Gasteiger partial charge is 0.508 e. The van der Waals surface area contributed by atoms with Crippen LogP contribution in [0.4, 0.5) is 0 Å². The van der Waals surface area contributed by atoms with Gasteiger partial charge in [0.05, 0.1) is 0 Å². The minimum Gasteiger partial charge on any atom is -0.508 e. The third kappa shape index (κ3) is 4.87. The number of Topliss-reactive ketones (excluding diaryl/α,β-unsaturated/α-hetero) is 1. The number of phenolic OH excluding ortho intramolecular Hbond substituents is 2. The Morgan fingerprint density at radius 1 is 0.731 bits per heavy atom. The number of ketones is 1. The fraction of sp³-hybridized carbons (Fsp3) is 0.435. The molecule has 0 amide bonds. The molecule has 2 aromatic carbocycles. The first-order chi connectivity index (χ1) is 11.9. The minimum atomic E-state index is -0.0550. The predicted octanol–water partition coefficient (Wildman–Crippen LogP) is 5.05. The molecule has 3 heteroatoms. The van der Waals surface area contributed by atoms with Crippen LogP contribution in [0.15, 0.2) is 36.4 Å². The van der Waals surface area contributed by atoms with Crippen LogP contribution in [0.2, 0.25) is 0 Å². The predicted molar refractivity (Wildman–Crippen MR) is 106 cm³/mol. The lowest BCUT2D eigenvalue weighted by Gasteiger charge is -2.20. The molecule has 0 fully saturated rings. The van der Waals surface area contributed by atoms with E-state index in [1.807, 2.05) is 24.3 Å². The van der Waals surface area contributed by atoms with E-state index in [-0.39, 0.29) is 41.0 Å². The van der Waals surface area contributed by atoms with Gasteiger partial charge in [0.2, 0.25) is 0 Å². The number of carbonyl (C=O) groups excluding carboxylic acids is 1. The molecule has 2 rings (SSSR count). The number of rotatable bonds is 4. The van der Waals surface area contributed by atoms with E-state index in [1.165, 1.54) is 0 Å². The molecule has 2 N–H and O–H groups in total. The number of hydrogen-bond donors (Lipinski definition) is 2. The minimum absolute atomic E-state index is 0.0392. The van der Waals surface area contributed by atoms with Crippen molar-refractivity contribution < 1.29 is 15.0 Å². The van der Waals surface area contributed by atoms with Crippen molar-refractivity contribution in [3.63, 3.8) is 0 Å². The molecule has 26 heavy (non-hydrogen) atoms. The van der Waals surface area contributed by atoms with Crippen LogP contribution >= 0.6 is 0 Å². The average molecular weight is 354 g/mol. The third-order valence-corrected chi connectivity index (χ3v) is 4.68. The Bertz CT molecular complexity index is 738. The molecular weight excluding hydrogens is 324 g/mol. The summed E-state index contributed by atoms with van der Waals surface area (Å²) < 4.78 is 0. The van der Waals surface area contributed by atoms with Gasteiger partial charge in [-0.2, -0.15) is 0 Å². The maximum absolute atomic E-state index is 12.4. The SMILES string of the molecule is CC(C)(C)c1ccc(CC(=O)Cc2ccc(C(C)(C)C)cc2O)c(O)c1. The van der Waals surface area contributed by atoms with Gasteiger partial charge in [-0.15, -0.1) is 0 Å². The number of benzene rings is 2. The van der Waals surface area contributed by atoms with Gasteiger partial charge in [-0.05, 0) is 34.1 Å². The zero-order chi connectivity index (χ0) is 19.7. The van der Waals surface area contributed by atoms with Gasteiger partial charge in [0.15, 0.2) is 0 Å². The van der Waals surface area contributed by atoms with Gasteiger partial charge in [0, 0.05) is 24.0 Å². The lowest BCUT2D eigenvalue weighted by atomic mass is 9.85. The van der Waals surface area contributed by atoms with E-state index in [2.05, 4.69) is 41.5 Å². The van der Waals surface area contributed by atoms with Crippen LogP contribution in [0, 0.1) is 0 Å². The molecule has 0 spiro atoms. The van der Waals surface area contributed by atoms with E-state index >= 15 is 0 Å². The van der Waals surface area contributed by atoms with Crippen molar-refractivity contribution in [3.05, 3.63) is 58.7 Å². The Balaban J connectivity index is 2.12. The summed E-state index contributed by atoms with van der Waals surface area (Å²) in [6.45, 7) is 12.5. The van der Waals surface area contributed by atoms with Crippen molar-refractivity contribution >= 4 is 5.78 Å². The van der Waals surface area contributed by atoms with Gasteiger partial charge in [0.1, 0.15) is 17.3 Å². The highest BCUT2D eigenvalue weighted by Gasteiger charge is 2.18. The van der Waals surface area contributed by atoms with E-state index in [0.29, 0.717) is 11.1 Å². The quantitative estimate of drug-likeness (QED) is 0.808. The summed E-state index contributed by atoms with van der Waals surface area (Å²) in [5.41, 5.74) is 3.19. The molecule has 140 valence electrons. The van der Waals surface area contributed by atoms with Crippen LogP contribution in [0.3, 0.4) is 0 Å². The summed E-state index contributed by atoms with van der Waals surface area (Å²) in [5.74, 6) is 0.263. The number of aromatic hydroxyl groups is 2. The summed E-state index contributed by atoms with van der Waals surface area (Å²) in [7, 11) is 0. The van der Waals surface area contributed by atoms with Gasteiger partial charge in [-0.1, -0.05) is 65.8 Å². The lowest BCUT2D eigenvalue weighted by Crippen LogP contribution is -2.13. The first kappa shape index (κ1) is 20.0. The average Bonchev–Trinajstić information content (AvgIpc) is 2.49. The monoisotopic (exact) mass is 354 g/mol. The highest BCUT2D eigenvalue weighted by molar-refractivity contribution is 5.84. The van der Waals surface area contributed by atoms with Gasteiger partial charge in [0.25, 0.3) is 0 Å². The van der Waals surface area contributed by atoms with Gasteiger partial charge in [-0.3, -0.25) is 4.79 Å².